The normalized spacial score (nSPS) is 21.2. The maximum absolute atomic E-state index is 13.4. The average Bonchev–Trinajstić information content (AvgIpc) is 3.57. The van der Waals surface area contributed by atoms with Gasteiger partial charge >= 0.3 is 0 Å². The van der Waals surface area contributed by atoms with Gasteiger partial charge in [-0.2, -0.15) is 8.61 Å². The minimum absolute atomic E-state index is 0.159. The predicted molar refractivity (Wildman–Crippen MR) is 144 cm³/mol. The number of aryl methyl sites for hydroxylation is 2. The molecule has 8 nitrogen and oxygen atoms in total. The van der Waals surface area contributed by atoms with Crippen LogP contribution in [0.1, 0.15) is 60.0 Å². The third-order valence-corrected chi connectivity index (χ3v) is 11.4. The second-order valence-corrected chi connectivity index (χ2v) is 13.9. The summed E-state index contributed by atoms with van der Waals surface area (Å²) in [6.45, 7) is 4.37. The topological polar surface area (TPSA) is 115 Å². The number of aromatic hydroxyl groups is 2. The lowest BCUT2D eigenvalue weighted by molar-refractivity contribution is 0.363. The molecule has 202 valence electrons. The van der Waals surface area contributed by atoms with Gasteiger partial charge in [-0.3, -0.25) is 0 Å². The first-order valence-electron chi connectivity index (χ1n) is 12.7. The van der Waals surface area contributed by atoms with Crippen LogP contribution in [0.3, 0.4) is 0 Å². The second-order valence-electron chi connectivity index (χ2n) is 10.1. The standard InChI is InChI=1S/C28H32N2O6S2/c1-19-7-11-21(12-8-19)37(33,34)29-15-3-5-25(29)23-17-28(32)24(18-27(23)31)26-6-4-16-30(26)38(35,36)22-13-9-20(2)10-14-22/h7-14,17-18,25-26,31-32H,3-6,15-16H2,1-2H3. The van der Waals surface area contributed by atoms with Crippen LogP contribution < -0.4 is 0 Å². The van der Waals surface area contributed by atoms with Crippen molar-refractivity contribution in [3.63, 3.8) is 0 Å². The molecule has 0 spiro atoms. The minimum atomic E-state index is -3.82. The second kappa shape index (κ2) is 10.00. The van der Waals surface area contributed by atoms with E-state index in [0.717, 1.165) is 11.1 Å². The molecule has 0 saturated carbocycles. The van der Waals surface area contributed by atoms with Crippen molar-refractivity contribution in [3.8, 4) is 11.5 Å². The zero-order valence-electron chi connectivity index (χ0n) is 21.4. The zero-order valence-corrected chi connectivity index (χ0v) is 23.0. The highest BCUT2D eigenvalue weighted by atomic mass is 32.2. The van der Waals surface area contributed by atoms with Gasteiger partial charge in [0.2, 0.25) is 20.0 Å². The molecule has 10 heteroatoms. The third kappa shape index (κ3) is 4.70. The monoisotopic (exact) mass is 556 g/mol. The van der Waals surface area contributed by atoms with Crippen LogP contribution >= 0.6 is 0 Å². The maximum Gasteiger partial charge on any atom is 0.243 e. The van der Waals surface area contributed by atoms with Crippen LogP contribution in [-0.4, -0.2) is 48.7 Å². The molecule has 38 heavy (non-hydrogen) atoms. The number of rotatable bonds is 6. The summed E-state index contributed by atoms with van der Waals surface area (Å²) >= 11 is 0. The summed E-state index contributed by atoms with van der Waals surface area (Å²) in [5, 5.41) is 22.1. The molecule has 5 rings (SSSR count). The van der Waals surface area contributed by atoms with E-state index in [2.05, 4.69) is 0 Å². The first-order valence-corrected chi connectivity index (χ1v) is 15.6. The van der Waals surface area contributed by atoms with E-state index in [0.29, 0.717) is 49.9 Å². The molecular weight excluding hydrogens is 524 g/mol. The molecule has 2 aliphatic heterocycles. The van der Waals surface area contributed by atoms with E-state index in [9.17, 15) is 27.0 Å². The Labute approximate surface area is 224 Å². The Balaban J connectivity index is 1.47. The van der Waals surface area contributed by atoms with Gasteiger partial charge in [0.1, 0.15) is 11.5 Å². The molecule has 0 radical (unpaired) electrons. The van der Waals surface area contributed by atoms with E-state index in [1.54, 1.807) is 48.5 Å². The maximum atomic E-state index is 13.4. The molecule has 2 saturated heterocycles. The molecule has 2 unspecified atom stereocenters. The summed E-state index contributed by atoms with van der Waals surface area (Å²) in [4.78, 5) is 0.358. The van der Waals surface area contributed by atoms with Crippen LogP contribution in [0.25, 0.3) is 0 Å². The Morgan fingerprint density at radius 3 is 1.32 bits per heavy atom. The fourth-order valence-electron chi connectivity index (χ4n) is 5.51. The number of benzene rings is 3. The van der Waals surface area contributed by atoms with Crippen molar-refractivity contribution in [3.05, 3.63) is 82.9 Å². The lowest BCUT2D eigenvalue weighted by Crippen LogP contribution is -2.31. The van der Waals surface area contributed by atoms with Crippen molar-refractivity contribution in [1.29, 1.82) is 0 Å². The van der Waals surface area contributed by atoms with E-state index in [1.807, 2.05) is 13.8 Å². The molecule has 2 atom stereocenters. The van der Waals surface area contributed by atoms with Crippen LogP contribution in [0.2, 0.25) is 0 Å². The van der Waals surface area contributed by atoms with Gasteiger partial charge < -0.3 is 10.2 Å². The van der Waals surface area contributed by atoms with Gasteiger partial charge in [-0.05, 0) is 75.9 Å². The van der Waals surface area contributed by atoms with E-state index in [4.69, 9.17) is 0 Å². The van der Waals surface area contributed by atoms with Gasteiger partial charge in [0, 0.05) is 24.2 Å². The van der Waals surface area contributed by atoms with Crippen LogP contribution in [0.4, 0.5) is 0 Å². The predicted octanol–water partition coefficient (Wildman–Crippen LogP) is 4.77. The van der Waals surface area contributed by atoms with Gasteiger partial charge in [0.15, 0.2) is 0 Å². The summed E-state index contributed by atoms with van der Waals surface area (Å²) in [6.07, 6.45) is 2.22. The van der Waals surface area contributed by atoms with Crippen molar-refractivity contribution in [2.75, 3.05) is 13.1 Å². The van der Waals surface area contributed by atoms with Crippen LogP contribution in [-0.2, 0) is 20.0 Å². The van der Waals surface area contributed by atoms with E-state index in [-0.39, 0.29) is 21.3 Å². The van der Waals surface area contributed by atoms with Gasteiger partial charge in [-0.1, -0.05) is 35.4 Å². The number of phenolic OH excluding ortho intramolecular Hbond substituents is 2. The molecule has 0 bridgehead atoms. The smallest absolute Gasteiger partial charge is 0.243 e. The van der Waals surface area contributed by atoms with Crippen molar-refractivity contribution in [1.82, 2.24) is 8.61 Å². The van der Waals surface area contributed by atoms with E-state index >= 15 is 0 Å². The summed E-state index contributed by atoms with van der Waals surface area (Å²) in [5.74, 6) is -0.318. The molecule has 0 aromatic heterocycles. The van der Waals surface area contributed by atoms with Crippen molar-refractivity contribution in [2.24, 2.45) is 0 Å². The summed E-state index contributed by atoms with van der Waals surface area (Å²) in [7, 11) is -7.63. The molecule has 0 aliphatic carbocycles. The van der Waals surface area contributed by atoms with Gasteiger partial charge in [0.25, 0.3) is 0 Å². The summed E-state index contributed by atoms with van der Waals surface area (Å²) in [5.41, 5.74) is 2.52. The molecule has 2 heterocycles. The Bertz CT molecular complexity index is 1430. The zero-order chi connectivity index (χ0) is 27.2. The molecule has 2 aliphatic rings. The lowest BCUT2D eigenvalue weighted by atomic mass is 9.97. The number of hydrogen-bond donors (Lipinski definition) is 2. The van der Waals surface area contributed by atoms with Crippen molar-refractivity contribution >= 4 is 20.0 Å². The minimum Gasteiger partial charge on any atom is -0.508 e. The van der Waals surface area contributed by atoms with E-state index in [1.165, 1.54) is 20.7 Å². The lowest BCUT2D eigenvalue weighted by Gasteiger charge is -2.28. The summed E-state index contributed by atoms with van der Waals surface area (Å²) < 4.78 is 56.4. The summed E-state index contributed by atoms with van der Waals surface area (Å²) in [6, 6.07) is 14.8. The third-order valence-electron chi connectivity index (χ3n) is 7.56. The van der Waals surface area contributed by atoms with Gasteiger partial charge in [-0.15, -0.1) is 0 Å². The van der Waals surface area contributed by atoms with Gasteiger partial charge in [0.05, 0.1) is 21.9 Å². The number of sulfonamides is 2. The molecule has 2 fully saturated rings. The van der Waals surface area contributed by atoms with Crippen LogP contribution in [0.15, 0.2) is 70.5 Å². The van der Waals surface area contributed by atoms with E-state index < -0.39 is 32.1 Å². The first kappa shape index (κ1) is 26.7. The fourth-order valence-corrected chi connectivity index (χ4v) is 8.86. The highest BCUT2D eigenvalue weighted by molar-refractivity contribution is 7.89. The Kier molecular flexibility index (Phi) is 7.02. The molecular formula is C28H32N2O6S2. The number of nitrogens with zero attached hydrogens (tertiary/aromatic N) is 2. The molecule has 2 N–H and O–H groups in total. The Morgan fingerprint density at radius 1 is 0.632 bits per heavy atom. The Hall–Kier alpha value is -2.92. The van der Waals surface area contributed by atoms with Crippen LogP contribution in [0, 0.1) is 13.8 Å². The SMILES string of the molecule is Cc1ccc(S(=O)(=O)N2CCCC2c2cc(O)c(C3CCCN3S(=O)(=O)c3ccc(C)cc3)cc2O)cc1. The van der Waals surface area contributed by atoms with Gasteiger partial charge in [-0.25, -0.2) is 16.8 Å². The number of phenols is 2. The quantitative estimate of drug-likeness (QED) is 0.423. The fraction of sp³-hybridized carbons (Fsp3) is 0.357. The first-order chi connectivity index (χ1) is 18.0. The molecule has 3 aromatic carbocycles. The van der Waals surface area contributed by atoms with Crippen LogP contribution in [0.5, 0.6) is 11.5 Å². The number of hydrogen-bond acceptors (Lipinski definition) is 6. The largest absolute Gasteiger partial charge is 0.508 e. The average molecular weight is 557 g/mol. The van der Waals surface area contributed by atoms with Crippen molar-refractivity contribution < 1.29 is 27.0 Å². The van der Waals surface area contributed by atoms with Crippen molar-refractivity contribution in [2.45, 2.75) is 61.4 Å². The Morgan fingerprint density at radius 2 is 0.974 bits per heavy atom. The highest BCUT2D eigenvalue weighted by Gasteiger charge is 2.40. The molecule has 0 amide bonds. The molecule has 3 aromatic rings. The highest BCUT2D eigenvalue weighted by Crippen LogP contribution is 2.46.